The zero-order valence-electron chi connectivity index (χ0n) is 12.1. The highest BCUT2D eigenvalue weighted by Crippen LogP contribution is 2.35. The van der Waals surface area contributed by atoms with Crippen molar-refractivity contribution in [3.63, 3.8) is 0 Å². The van der Waals surface area contributed by atoms with E-state index < -0.39 is 0 Å². The molecule has 3 heteroatoms. The second-order valence-corrected chi connectivity index (χ2v) is 5.56. The monoisotopic (exact) mass is 262 g/mol. The number of nitrogens with zero attached hydrogens (tertiary/aromatic N) is 1. The van der Waals surface area contributed by atoms with E-state index in [-0.39, 0.29) is 0 Å². The molecule has 0 amide bonds. The van der Waals surface area contributed by atoms with Gasteiger partial charge in [-0.3, -0.25) is 4.90 Å². The number of nitrogens with two attached hydrogens (primary N) is 1. The van der Waals surface area contributed by atoms with E-state index in [0.717, 1.165) is 25.6 Å². The lowest BCUT2D eigenvalue weighted by Gasteiger charge is -2.29. The topological polar surface area (TPSA) is 38.5 Å². The third-order valence-electron chi connectivity index (χ3n) is 4.11. The van der Waals surface area contributed by atoms with Crippen molar-refractivity contribution in [3.8, 4) is 0 Å². The zero-order valence-corrected chi connectivity index (χ0v) is 12.1. The molecule has 1 unspecified atom stereocenters. The van der Waals surface area contributed by atoms with Gasteiger partial charge in [0, 0.05) is 32.8 Å². The van der Waals surface area contributed by atoms with Gasteiger partial charge in [-0.15, -0.1) is 0 Å². The number of ether oxygens (including phenoxy) is 1. The van der Waals surface area contributed by atoms with E-state index >= 15 is 0 Å². The zero-order chi connectivity index (χ0) is 13.7. The van der Waals surface area contributed by atoms with Gasteiger partial charge in [-0.25, -0.2) is 0 Å². The number of hydrogen-bond donors (Lipinski definition) is 1. The van der Waals surface area contributed by atoms with E-state index in [4.69, 9.17) is 10.5 Å². The maximum atomic E-state index is 5.64. The van der Waals surface area contributed by atoms with Crippen LogP contribution in [0.1, 0.15) is 30.9 Å². The highest BCUT2D eigenvalue weighted by atomic mass is 16.5. The summed E-state index contributed by atoms with van der Waals surface area (Å²) in [6.07, 6.45) is 2.77. The Morgan fingerprint density at radius 2 is 1.89 bits per heavy atom. The molecule has 0 radical (unpaired) electrons. The van der Waals surface area contributed by atoms with Crippen LogP contribution in [0.25, 0.3) is 0 Å². The van der Waals surface area contributed by atoms with Crippen molar-refractivity contribution in [2.24, 2.45) is 11.7 Å². The van der Waals surface area contributed by atoms with Gasteiger partial charge in [-0.2, -0.15) is 0 Å². The molecule has 0 aliphatic heterocycles. The maximum Gasteiger partial charge on any atom is 0.0589 e. The lowest BCUT2D eigenvalue weighted by molar-refractivity contribution is 0.111. The van der Waals surface area contributed by atoms with Crippen LogP contribution in [0.15, 0.2) is 24.3 Å². The fraction of sp³-hybridized carbons (Fsp3) is 0.625. The van der Waals surface area contributed by atoms with E-state index in [9.17, 15) is 0 Å². The molecule has 106 valence electrons. The van der Waals surface area contributed by atoms with Gasteiger partial charge < -0.3 is 10.5 Å². The minimum Gasteiger partial charge on any atom is -0.383 e. The van der Waals surface area contributed by atoms with Gasteiger partial charge >= 0.3 is 0 Å². The number of methoxy groups -OCH3 is 1. The summed E-state index contributed by atoms with van der Waals surface area (Å²) in [5, 5.41) is 0. The van der Waals surface area contributed by atoms with Crippen molar-refractivity contribution in [2.45, 2.75) is 38.9 Å². The SMILES string of the molecule is COCCN(Cc1ccc(CN)cc1)C(C)C1CC1. The highest BCUT2D eigenvalue weighted by Gasteiger charge is 2.31. The lowest BCUT2D eigenvalue weighted by Crippen LogP contribution is -2.36. The average Bonchev–Trinajstić information content (AvgIpc) is 3.28. The predicted molar refractivity (Wildman–Crippen MR) is 78.8 cm³/mol. The Bertz CT molecular complexity index is 373. The van der Waals surface area contributed by atoms with Gasteiger partial charge in [0.05, 0.1) is 6.61 Å². The van der Waals surface area contributed by atoms with Crippen LogP contribution in [0.2, 0.25) is 0 Å². The number of rotatable bonds is 8. The molecule has 1 aromatic carbocycles. The second kappa shape index (κ2) is 7.04. The summed E-state index contributed by atoms with van der Waals surface area (Å²) in [6, 6.07) is 9.31. The molecule has 2 N–H and O–H groups in total. The Morgan fingerprint density at radius 1 is 1.26 bits per heavy atom. The van der Waals surface area contributed by atoms with Crippen molar-refractivity contribution in [3.05, 3.63) is 35.4 Å². The van der Waals surface area contributed by atoms with E-state index in [1.165, 1.54) is 24.0 Å². The molecule has 0 aromatic heterocycles. The Labute approximate surface area is 116 Å². The molecule has 3 nitrogen and oxygen atoms in total. The number of hydrogen-bond acceptors (Lipinski definition) is 3. The minimum absolute atomic E-state index is 0.617. The van der Waals surface area contributed by atoms with Gasteiger partial charge in [-0.05, 0) is 36.8 Å². The largest absolute Gasteiger partial charge is 0.383 e. The van der Waals surface area contributed by atoms with Gasteiger partial charge in [0.2, 0.25) is 0 Å². The smallest absolute Gasteiger partial charge is 0.0589 e. The van der Waals surface area contributed by atoms with Crippen LogP contribution >= 0.6 is 0 Å². The Kier molecular flexibility index (Phi) is 5.37. The molecule has 1 saturated carbocycles. The average molecular weight is 262 g/mol. The van der Waals surface area contributed by atoms with Crippen LogP contribution in [0, 0.1) is 5.92 Å². The maximum absolute atomic E-state index is 5.64. The summed E-state index contributed by atoms with van der Waals surface area (Å²) >= 11 is 0. The molecule has 1 aromatic rings. The molecule has 1 fully saturated rings. The van der Waals surface area contributed by atoms with Gasteiger partial charge in [0.25, 0.3) is 0 Å². The highest BCUT2D eigenvalue weighted by molar-refractivity contribution is 5.22. The van der Waals surface area contributed by atoms with Crippen LogP contribution < -0.4 is 5.73 Å². The first-order valence-electron chi connectivity index (χ1n) is 7.25. The third-order valence-corrected chi connectivity index (χ3v) is 4.11. The van der Waals surface area contributed by atoms with Gasteiger partial charge in [-0.1, -0.05) is 24.3 Å². The van der Waals surface area contributed by atoms with Crippen LogP contribution in [0.4, 0.5) is 0 Å². The molecule has 0 heterocycles. The van der Waals surface area contributed by atoms with E-state index in [1.54, 1.807) is 7.11 Å². The van der Waals surface area contributed by atoms with Gasteiger partial charge in [0.15, 0.2) is 0 Å². The molecule has 1 atom stereocenters. The third kappa shape index (κ3) is 4.30. The normalized spacial score (nSPS) is 16.8. The van der Waals surface area contributed by atoms with Crippen molar-refractivity contribution in [1.29, 1.82) is 0 Å². The minimum atomic E-state index is 0.617. The summed E-state index contributed by atoms with van der Waals surface area (Å²) in [4.78, 5) is 2.54. The van der Waals surface area contributed by atoms with Crippen LogP contribution in [0.5, 0.6) is 0 Å². The summed E-state index contributed by atoms with van der Waals surface area (Å²) in [5.74, 6) is 0.889. The van der Waals surface area contributed by atoms with Crippen molar-refractivity contribution < 1.29 is 4.74 Å². The summed E-state index contributed by atoms with van der Waals surface area (Å²) in [5.41, 5.74) is 8.19. The van der Waals surface area contributed by atoms with Crippen LogP contribution in [-0.4, -0.2) is 31.2 Å². The summed E-state index contributed by atoms with van der Waals surface area (Å²) in [6.45, 7) is 5.78. The first kappa shape index (κ1) is 14.5. The van der Waals surface area contributed by atoms with Crippen LogP contribution in [0.3, 0.4) is 0 Å². The molecule has 19 heavy (non-hydrogen) atoms. The molecule has 1 aliphatic carbocycles. The predicted octanol–water partition coefficient (Wildman–Crippen LogP) is 2.39. The molecular formula is C16H26N2O. The lowest BCUT2D eigenvalue weighted by atomic mass is 10.1. The summed E-state index contributed by atoms with van der Waals surface area (Å²) in [7, 11) is 1.77. The first-order valence-corrected chi connectivity index (χ1v) is 7.25. The van der Waals surface area contributed by atoms with Crippen molar-refractivity contribution in [2.75, 3.05) is 20.3 Å². The number of benzene rings is 1. The Balaban J connectivity index is 1.96. The van der Waals surface area contributed by atoms with Crippen LogP contribution in [-0.2, 0) is 17.8 Å². The van der Waals surface area contributed by atoms with E-state index in [2.05, 4.69) is 36.1 Å². The molecule has 1 aliphatic rings. The fourth-order valence-corrected chi connectivity index (χ4v) is 2.53. The molecule has 0 spiro atoms. The molecular weight excluding hydrogens is 236 g/mol. The Morgan fingerprint density at radius 3 is 2.42 bits per heavy atom. The first-order chi connectivity index (χ1) is 9.24. The van der Waals surface area contributed by atoms with Crippen molar-refractivity contribution >= 4 is 0 Å². The van der Waals surface area contributed by atoms with E-state index in [0.29, 0.717) is 12.6 Å². The van der Waals surface area contributed by atoms with E-state index in [1.807, 2.05) is 0 Å². The molecule has 0 bridgehead atoms. The molecule has 2 rings (SSSR count). The second-order valence-electron chi connectivity index (χ2n) is 5.56. The standard InChI is InChI=1S/C16H26N2O/c1-13(16-7-8-16)18(9-10-19-2)12-15-5-3-14(11-17)4-6-15/h3-6,13,16H,7-12,17H2,1-2H3. The van der Waals surface area contributed by atoms with Gasteiger partial charge in [0.1, 0.15) is 0 Å². The molecule has 0 saturated heterocycles. The fourth-order valence-electron chi connectivity index (χ4n) is 2.53. The quantitative estimate of drug-likeness (QED) is 0.782. The Hall–Kier alpha value is -0.900. The van der Waals surface area contributed by atoms with Crippen molar-refractivity contribution in [1.82, 2.24) is 4.90 Å². The summed E-state index contributed by atoms with van der Waals surface area (Å²) < 4.78 is 5.24.